The normalized spacial score (nSPS) is 19.3. The summed E-state index contributed by atoms with van der Waals surface area (Å²) in [5.74, 6) is -1.07. The molecule has 1 saturated heterocycles. The molecule has 1 N–H and O–H groups in total. The Morgan fingerprint density at radius 1 is 1.56 bits per heavy atom. The van der Waals surface area contributed by atoms with Crippen molar-refractivity contribution in [3.05, 3.63) is 33.3 Å². The number of amides is 1. The molecule has 0 aromatic heterocycles. The maximum absolute atomic E-state index is 11.7. The van der Waals surface area contributed by atoms with Gasteiger partial charge in [0.2, 0.25) is 5.91 Å². The molecule has 1 aromatic rings. The molecule has 1 atom stereocenters. The summed E-state index contributed by atoms with van der Waals surface area (Å²) in [7, 11) is 0. The van der Waals surface area contributed by atoms with Crippen LogP contribution in [-0.4, -0.2) is 27.9 Å². The van der Waals surface area contributed by atoms with Gasteiger partial charge in [-0.2, -0.15) is 0 Å². The van der Waals surface area contributed by atoms with Crippen LogP contribution in [0.5, 0.6) is 0 Å². The fraction of sp³-hybridized carbons (Fsp3) is 0.333. The molecule has 1 fully saturated rings. The molecule has 0 aliphatic carbocycles. The maximum atomic E-state index is 11.7. The number of likely N-dealkylation sites (tertiary alicyclic amines) is 1. The van der Waals surface area contributed by atoms with Crippen molar-refractivity contribution in [2.75, 3.05) is 0 Å². The van der Waals surface area contributed by atoms with Crippen molar-refractivity contribution in [3.8, 4) is 0 Å². The number of nitrogens with zero attached hydrogens (tertiary/aromatic N) is 1. The highest BCUT2D eigenvalue weighted by Crippen LogP contribution is 2.26. The van der Waals surface area contributed by atoms with E-state index < -0.39 is 12.0 Å². The Bertz CT molecular complexity index is 506. The molecular weight excluding hydrogens is 321 g/mol. The number of benzene rings is 1. The zero-order valence-electron chi connectivity index (χ0n) is 9.40. The second-order valence-corrected chi connectivity index (χ2v) is 5.42. The van der Waals surface area contributed by atoms with E-state index in [0.29, 0.717) is 24.4 Å². The zero-order valence-corrected chi connectivity index (χ0v) is 11.7. The van der Waals surface area contributed by atoms with Gasteiger partial charge in [0.15, 0.2) is 0 Å². The third kappa shape index (κ3) is 2.67. The lowest BCUT2D eigenvalue weighted by molar-refractivity contribution is -0.146. The molecule has 1 amide bonds. The van der Waals surface area contributed by atoms with Gasteiger partial charge in [-0.3, -0.25) is 4.79 Å². The van der Waals surface area contributed by atoms with Crippen LogP contribution >= 0.6 is 27.5 Å². The summed E-state index contributed by atoms with van der Waals surface area (Å²) in [6, 6.07) is 4.59. The van der Waals surface area contributed by atoms with Crippen molar-refractivity contribution in [2.45, 2.75) is 25.4 Å². The van der Waals surface area contributed by atoms with Gasteiger partial charge in [0, 0.05) is 17.4 Å². The molecule has 6 heteroatoms. The molecule has 1 aliphatic heterocycles. The van der Waals surface area contributed by atoms with Crippen LogP contribution in [0.3, 0.4) is 0 Å². The van der Waals surface area contributed by atoms with E-state index in [4.69, 9.17) is 16.7 Å². The molecule has 1 unspecified atom stereocenters. The van der Waals surface area contributed by atoms with E-state index in [9.17, 15) is 9.59 Å². The van der Waals surface area contributed by atoms with Crippen molar-refractivity contribution in [1.82, 2.24) is 4.90 Å². The van der Waals surface area contributed by atoms with Gasteiger partial charge in [-0.1, -0.05) is 17.7 Å². The van der Waals surface area contributed by atoms with Crippen molar-refractivity contribution >= 4 is 39.4 Å². The molecule has 96 valence electrons. The quantitative estimate of drug-likeness (QED) is 0.926. The molecule has 0 radical (unpaired) electrons. The first-order valence-corrected chi connectivity index (χ1v) is 6.62. The Labute approximate surface area is 118 Å². The van der Waals surface area contributed by atoms with Gasteiger partial charge in [0.05, 0.1) is 5.02 Å². The first-order chi connectivity index (χ1) is 8.49. The molecule has 1 aliphatic rings. The summed E-state index contributed by atoms with van der Waals surface area (Å²) in [5.41, 5.74) is 0.854. The van der Waals surface area contributed by atoms with Crippen LogP contribution < -0.4 is 0 Å². The van der Waals surface area contributed by atoms with Gasteiger partial charge in [-0.15, -0.1) is 0 Å². The van der Waals surface area contributed by atoms with Crippen LogP contribution in [0, 0.1) is 0 Å². The second-order valence-electron chi connectivity index (χ2n) is 4.16. The Morgan fingerprint density at radius 3 is 2.89 bits per heavy atom. The predicted molar refractivity (Wildman–Crippen MR) is 70.4 cm³/mol. The van der Waals surface area contributed by atoms with Gasteiger partial charge in [0.1, 0.15) is 6.04 Å². The van der Waals surface area contributed by atoms with Gasteiger partial charge in [-0.25, -0.2) is 4.79 Å². The van der Waals surface area contributed by atoms with E-state index in [1.807, 2.05) is 0 Å². The second kappa shape index (κ2) is 5.28. The lowest BCUT2D eigenvalue weighted by Crippen LogP contribution is -2.37. The number of halogens is 2. The summed E-state index contributed by atoms with van der Waals surface area (Å²) in [6.07, 6.45) is 0.675. The number of carboxylic acid groups (broad SMARTS) is 1. The molecular formula is C12H11BrClNO3. The van der Waals surface area contributed by atoms with E-state index in [1.165, 1.54) is 4.90 Å². The summed E-state index contributed by atoms with van der Waals surface area (Å²) in [6.45, 7) is 0.297. The Balaban J connectivity index is 2.18. The average molecular weight is 333 g/mol. The maximum Gasteiger partial charge on any atom is 0.326 e. The minimum Gasteiger partial charge on any atom is -0.480 e. The van der Waals surface area contributed by atoms with Crippen LogP contribution in [0.4, 0.5) is 0 Å². The van der Waals surface area contributed by atoms with E-state index >= 15 is 0 Å². The molecule has 0 spiro atoms. The van der Waals surface area contributed by atoms with Crippen LogP contribution in [0.1, 0.15) is 18.4 Å². The number of aliphatic carboxylic acids is 1. The molecule has 18 heavy (non-hydrogen) atoms. The lowest BCUT2D eigenvalue weighted by atomic mass is 10.2. The molecule has 1 aromatic carbocycles. The third-order valence-electron chi connectivity index (χ3n) is 2.95. The van der Waals surface area contributed by atoms with Gasteiger partial charge >= 0.3 is 5.97 Å². The Morgan fingerprint density at radius 2 is 2.28 bits per heavy atom. The Kier molecular flexibility index (Phi) is 3.92. The number of rotatable bonds is 3. The van der Waals surface area contributed by atoms with Crippen LogP contribution in [0.2, 0.25) is 5.02 Å². The topological polar surface area (TPSA) is 57.6 Å². The fourth-order valence-electron chi connectivity index (χ4n) is 2.02. The zero-order chi connectivity index (χ0) is 13.3. The van der Waals surface area contributed by atoms with Crippen LogP contribution in [0.15, 0.2) is 22.7 Å². The summed E-state index contributed by atoms with van der Waals surface area (Å²) in [5, 5.41) is 9.64. The highest BCUT2D eigenvalue weighted by Gasteiger charge is 2.35. The summed E-state index contributed by atoms with van der Waals surface area (Å²) >= 11 is 9.19. The van der Waals surface area contributed by atoms with Crippen molar-refractivity contribution < 1.29 is 14.7 Å². The summed E-state index contributed by atoms with van der Waals surface area (Å²) in [4.78, 5) is 24.1. The van der Waals surface area contributed by atoms with Crippen molar-refractivity contribution in [2.24, 2.45) is 0 Å². The van der Waals surface area contributed by atoms with Gasteiger partial charge in [-0.05, 0) is 40.0 Å². The van der Waals surface area contributed by atoms with Crippen molar-refractivity contribution in [1.29, 1.82) is 0 Å². The molecule has 0 saturated carbocycles. The monoisotopic (exact) mass is 331 g/mol. The highest BCUT2D eigenvalue weighted by molar-refractivity contribution is 9.10. The number of carbonyl (C=O) groups excluding carboxylic acids is 1. The first-order valence-electron chi connectivity index (χ1n) is 5.45. The molecule has 2 rings (SSSR count). The van der Waals surface area contributed by atoms with Gasteiger partial charge in [0.25, 0.3) is 0 Å². The average Bonchev–Trinajstić information content (AvgIpc) is 2.66. The van der Waals surface area contributed by atoms with Crippen LogP contribution in [0.25, 0.3) is 0 Å². The standard InChI is InChI=1S/C12H11BrClNO3/c13-8-5-7(1-2-9(8)14)6-15-10(12(17)18)3-4-11(15)16/h1-2,5,10H,3-4,6H2,(H,17,18). The SMILES string of the molecule is O=C(O)C1CCC(=O)N1Cc1ccc(Cl)c(Br)c1. The summed E-state index contributed by atoms with van der Waals surface area (Å²) < 4.78 is 0.736. The molecule has 1 heterocycles. The minimum atomic E-state index is -0.950. The van der Waals surface area contributed by atoms with E-state index in [1.54, 1.807) is 18.2 Å². The molecule has 4 nitrogen and oxygen atoms in total. The van der Waals surface area contributed by atoms with Crippen molar-refractivity contribution in [3.63, 3.8) is 0 Å². The fourth-order valence-corrected chi connectivity index (χ4v) is 2.57. The smallest absolute Gasteiger partial charge is 0.326 e. The minimum absolute atomic E-state index is 0.117. The number of carboxylic acids is 1. The predicted octanol–water partition coefficient (Wildman–Crippen LogP) is 2.68. The largest absolute Gasteiger partial charge is 0.480 e. The third-order valence-corrected chi connectivity index (χ3v) is 4.16. The van der Waals surface area contributed by atoms with Gasteiger partial charge < -0.3 is 10.0 Å². The molecule has 0 bridgehead atoms. The van der Waals surface area contributed by atoms with E-state index in [0.717, 1.165) is 10.0 Å². The van der Waals surface area contributed by atoms with E-state index in [2.05, 4.69) is 15.9 Å². The Hall–Kier alpha value is -1.07. The lowest BCUT2D eigenvalue weighted by Gasteiger charge is -2.21. The van der Waals surface area contributed by atoms with Crippen LogP contribution in [-0.2, 0) is 16.1 Å². The highest BCUT2D eigenvalue weighted by atomic mass is 79.9. The number of hydrogen-bond donors (Lipinski definition) is 1. The number of hydrogen-bond acceptors (Lipinski definition) is 2. The van der Waals surface area contributed by atoms with E-state index in [-0.39, 0.29) is 5.91 Å². The first kappa shape index (κ1) is 13.4. The number of carbonyl (C=O) groups is 2.